The average Bonchev–Trinajstić information content (AvgIpc) is 2.53. The third-order valence-electron chi connectivity index (χ3n) is 2.73. The van der Waals surface area contributed by atoms with Gasteiger partial charge in [-0.2, -0.15) is 0 Å². The number of benzene rings is 2. The number of carbonyl (C=O) groups is 2. The molecule has 10 heteroatoms. The molecule has 0 atom stereocenters. The molecular formula is C14H10Br4N4O2. The van der Waals surface area contributed by atoms with Crippen LogP contribution in [0.2, 0.25) is 0 Å². The lowest BCUT2D eigenvalue weighted by atomic mass is 10.3. The highest BCUT2D eigenvalue weighted by Gasteiger charge is 2.15. The Kier molecular flexibility index (Phi) is 7.08. The lowest BCUT2D eigenvalue weighted by Gasteiger charge is -2.13. The number of carbonyl (C=O) groups excluding carboxylic acids is 2. The molecule has 0 bridgehead atoms. The Morgan fingerprint density at radius 1 is 0.625 bits per heavy atom. The van der Waals surface area contributed by atoms with Gasteiger partial charge in [-0.1, -0.05) is 12.1 Å². The zero-order valence-corrected chi connectivity index (χ0v) is 18.1. The normalized spacial score (nSPS) is 10.0. The molecule has 0 spiro atoms. The van der Waals surface area contributed by atoms with E-state index in [9.17, 15) is 9.59 Å². The third kappa shape index (κ3) is 4.95. The molecule has 0 fully saturated rings. The van der Waals surface area contributed by atoms with Crippen molar-refractivity contribution in [3.05, 3.63) is 54.3 Å². The maximum atomic E-state index is 11.9. The molecular weight excluding hydrogens is 576 g/mol. The number of anilines is 2. The van der Waals surface area contributed by atoms with Gasteiger partial charge in [0.25, 0.3) is 0 Å². The van der Waals surface area contributed by atoms with Crippen LogP contribution in [0, 0.1) is 0 Å². The standard InChI is InChI=1S/C14H10Br4N4O2/c15-7-3-1-4-8(16)11(7)19-21-13(23)14(24)22-20-12-9(17)5-2-6-10(12)18/h1-6,19-20H,(H,21,23)(H,22,24). The molecule has 0 aliphatic heterocycles. The lowest BCUT2D eigenvalue weighted by molar-refractivity contribution is -0.138. The molecule has 0 heterocycles. The highest BCUT2D eigenvalue weighted by molar-refractivity contribution is 9.11. The number of rotatable bonds is 4. The molecule has 2 aromatic rings. The number of halogens is 4. The predicted molar refractivity (Wildman–Crippen MR) is 107 cm³/mol. The Morgan fingerprint density at radius 2 is 0.917 bits per heavy atom. The Balaban J connectivity index is 1.92. The van der Waals surface area contributed by atoms with Gasteiger partial charge in [0.05, 0.1) is 11.4 Å². The molecule has 0 radical (unpaired) electrons. The van der Waals surface area contributed by atoms with Gasteiger partial charge in [0.2, 0.25) is 0 Å². The van der Waals surface area contributed by atoms with Crippen molar-refractivity contribution in [1.29, 1.82) is 0 Å². The van der Waals surface area contributed by atoms with Gasteiger partial charge in [0.15, 0.2) is 0 Å². The summed E-state index contributed by atoms with van der Waals surface area (Å²) in [5, 5.41) is 0. The van der Waals surface area contributed by atoms with Crippen LogP contribution in [0.15, 0.2) is 54.3 Å². The van der Waals surface area contributed by atoms with Crippen LogP contribution in [0.1, 0.15) is 0 Å². The van der Waals surface area contributed by atoms with Crippen molar-refractivity contribution in [3.63, 3.8) is 0 Å². The Morgan fingerprint density at radius 3 is 1.21 bits per heavy atom. The van der Waals surface area contributed by atoms with Crippen LogP contribution in [0.4, 0.5) is 11.4 Å². The number of hydrazine groups is 2. The minimum Gasteiger partial charge on any atom is -0.296 e. The summed E-state index contributed by atoms with van der Waals surface area (Å²) in [6.07, 6.45) is 0. The second kappa shape index (κ2) is 8.84. The van der Waals surface area contributed by atoms with Crippen LogP contribution in [-0.4, -0.2) is 11.8 Å². The maximum Gasteiger partial charge on any atom is 0.329 e. The first-order valence-electron chi connectivity index (χ1n) is 6.40. The summed E-state index contributed by atoms with van der Waals surface area (Å²) in [6, 6.07) is 10.8. The first kappa shape index (κ1) is 19.2. The first-order chi connectivity index (χ1) is 11.4. The topological polar surface area (TPSA) is 82.3 Å². The Hall–Kier alpha value is -1.10. The summed E-state index contributed by atoms with van der Waals surface area (Å²) >= 11 is 13.4. The van der Waals surface area contributed by atoms with E-state index < -0.39 is 11.8 Å². The van der Waals surface area contributed by atoms with Crippen LogP contribution in [0.5, 0.6) is 0 Å². The molecule has 0 saturated heterocycles. The molecule has 0 aromatic heterocycles. The summed E-state index contributed by atoms with van der Waals surface area (Å²) in [4.78, 5) is 23.7. The van der Waals surface area contributed by atoms with E-state index in [0.717, 1.165) is 17.9 Å². The van der Waals surface area contributed by atoms with E-state index in [-0.39, 0.29) is 0 Å². The molecule has 0 aliphatic rings. The van der Waals surface area contributed by atoms with Crippen LogP contribution in [-0.2, 0) is 9.59 Å². The molecule has 0 saturated carbocycles. The van der Waals surface area contributed by atoms with Crippen molar-refractivity contribution < 1.29 is 9.59 Å². The fourth-order valence-electron chi connectivity index (χ4n) is 1.59. The zero-order chi connectivity index (χ0) is 17.7. The number of amides is 2. The fourth-order valence-corrected chi connectivity index (χ4v) is 3.98. The minimum absolute atomic E-state index is 0.597. The summed E-state index contributed by atoms with van der Waals surface area (Å²) in [6.45, 7) is 0. The van der Waals surface area contributed by atoms with Gasteiger partial charge in [0, 0.05) is 17.9 Å². The van der Waals surface area contributed by atoms with Crippen LogP contribution in [0.3, 0.4) is 0 Å². The summed E-state index contributed by atoms with van der Waals surface area (Å²) in [5.41, 5.74) is 11.2. The second-order valence-corrected chi connectivity index (χ2v) is 7.77. The molecule has 24 heavy (non-hydrogen) atoms. The summed E-state index contributed by atoms with van der Waals surface area (Å²) in [7, 11) is 0. The zero-order valence-electron chi connectivity index (χ0n) is 11.8. The number of hydrogen-bond acceptors (Lipinski definition) is 4. The van der Waals surface area contributed by atoms with Gasteiger partial charge in [-0.05, 0) is 88.0 Å². The van der Waals surface area contributed by atoms with Crippen molar-refractivity contribution in [1.82, 2.24) is 10.9 Å². The van der Waals surface area contributed by atoms with Crippen molar-refractivity contribution in [2.75, 3.05) is 10.9 Å². The van der Waals surface area contributed by atoms with E-state index >= 15 is 0 Å². The van der Waals surface area contributed by atoms with E-state index in [1.165, 1.54) is 0 Å². The predicted octanol–water partition coefficient (Wildman–Crippen LogP) is 4.32. The smallest absolute Gasteiger partial charge is 0.296 e. The van der Waals surface area contributed by atoms with Crippen molar-refractivity contribution >= 4 is 86.9 Å². The Bertz CT molecular complexity index is 679. The third-order valence-corrected chi connectivity index (χ3v) is 5.38. The van der Waals surface area contributed by atoms with Crippen molar-refractivity contribution in [2.24, 2.45) is 0 Å². The molecule has 2 aromatic carbocycles. The summed E-state index contributed by atoms with van der Waals surface area (Å²) < 4.78 is 2.92. The van der Waals surface area contributed by atoms with Crippen LogP contribution in [0.25, 0.3) is 0 Å². The largest absolute Gasteiger partial charge is 0.329 e. The monoisotopic (exact) mass is 582 g/mol. The van der Waals surface area contributed by atoms with Crippen molar-refractivity contribution in [3.8, 4) is 0 Å². The minimum atomic E-state index is -0.853. The number of para-hydroxylation sites is 2. The fraction of sp³-hybridized carbons (Fsp3) is 0. The summed E-state index contributed by atoms with van der Waals surface area (Å²) in [5.74, 6) is -1.71. The van der Waals surface area contributed by atoms with Crippen molar-refractivity contribution in [2.45, 2.75) is 0 Å². The molecule has 2 amide bonds. The molecule has 0 aliphatic carbocycles. The highest BCUT2D eigenvalue weighted by Crippen LogP contribution is 2.30. The van der Waals surface area contributed by atoms with Gasteiger partial charge in [-0.15, -0.1) is 0 Å². The number of nitrogens with one attached hydrogen (secondary N) is 4. The van der Waals surface area contributed by atoms with Gasteiger partial charge in [0.1, 0.15) is 0 Å². The van der Waals surface area contributed by atoms with E-state index in [2.05, 4.69) is 85.4 Å². The van der Waals surface area contributed by atoms with E-state index in [1.807, 2.05) is 12.1 Å². The lowest BCUT2D eigenvalue weighted by Crippen LogP contribution is -2.44. The SMILES string of the molecule is O=C(NNc1c(Br)cccc1Br)C(=O)NNc1c(Br)cccc1Br. The molecule has 126 valence electrons. The quantitative estimate of drug-likeness (QED) is 0.318. The van der Waals surface area contributed by atoms with E-state index in [1.54, 1.807) is 24.3 Å². The molecule has 4 N–H and O–H groups in total. The number of hydrogen-bond donors (Lipinski definition) is 4. The van der Waals surface area contributed by atoms with E-state index in [0.29, 0.717) is 11.4 Å². The molecule has 0 unspecified atom stereocenters. The molecule has 2 rings (SSSR count). The van der Waals surface area contributed by atoms with Gasteiger partial charge in [-0.25, -0.2) is 0 Å². The van der Waals surface area contributed by atoms with E-state index in [4.69, 9.17) is 0 Å². The van der Waals surface area contributed by atoms with Crippen LogP contribution >= 0.6 is 63.7 Å². The highest BCUT2D eigenvalue weighted by atomic mass is 79.9. The molecule has 6 nitrogen and oxygen atoms in total. The van der Waals surface area contributed by atoms with Gasteiger partial charge < -0.3 is 0 Å². The second-order valence-electron chi connectivity index (χ2n) is 4.35. The van der Waals surface area contributed by atoms with Gasteiger partial charge in [-0.3, -0.25) is 31.3 Å². The Labute approximate surface area is 171 Å². The van der Waals surface area contributed by atoms with Crippen LogP contribution < -0.4 is 21.7 Å². The maximum absolute atomic E-state index is 11.9. The first-order valence-corrected chi connectivity index (χ1v) is 9.57. The average molecular weight is 586 g/mol. The van der Waals surface area contributed by atoms with Gasteiger partial charge >= 0.3 is 11.8 Å².